The second-order valence-corrected chi connectivity index (χ2v) is 6.84. The SMILES string of the molecule is Cc1ccc(C(=O)N[C@@H]2CCCC[C@@H](Oc3ccccc3)[C@@H]2O)c(O)c1. The number of phenols is 1. The van der Waals surface area contributed by atoms with Gasteiger partial charge in [-0.15, -0.1) is 0 Å². The molecule has 26 heavy (non-hydrogen) atoms. The van der Waals surface area contributed by atoms with E-state index in [1.807, 2.05) is 37.3 Å². The van der Waals surface area contributed by atoms with Crippen LogP contribution in [0.1, 0.15) is 41.6 Å². The van der Waals surface area contributed by atoms with Crippen molar-refractivity contribution < 1.29 is 19.7 Å². The summed E-state index contributed by atoms with van der Waals surface area (Å²) in [6, 6.07) is 13.9. The summed E-state index contributed by atoms with van der Waals surface area (Å²) in [5, 5.41) is 23.7. The molecular formula is C21H25NO4. The summed E-state index contributed by atoms with van der Waals surface area (Å²) in [4.78, 5) is 12.5. The van der Waals surface area contributed by atoms with E-state index in [2.05, 4.69) is 5.32 Å². The van der Waals surface area contributed by atoms with Crippen LogP contribution in [0.2, 0.25) is 0 Å². The van der Waals surface area contributed by atoms with Crippen molar-refractivity contribution in [2.45, 2.75) is 50.9 Å². The lowest BCUT2D eigenvalue weighted by Gasteiger charge is -2.28. The van der Waals surface area contributed by atoms with E-state index in [1.165, 1.54) is 0 Å². The number of carbonyl (C=O) groups is 1. The van der Waals surface area contributed by atoms with E-state index in [1.54, 1.807) is 18.2 Å². The molecule has 3 rings (SSSR count). The predicted molar refractivity (Wildman–Crippen MR) is 99.4 cm³/mol. The Hall–Kier alpha value is -2.53. The van der Waals surface area contributed by atoms with Crippen molar-refractivity contribution in [1.29, 1.82) is 0 Å². The van der Waals surface area contributed by atoms with Crippen LogP contribution in [0.5, 0.6) is 11.5 Å². The number of aliphatic hydroxyl groups excluding tert-OH is 1. The Morgan fingerprint density at radius 2 is 1.85 bits per heavy atom. The van der Waals surface area contributed by atoms with Crippen LogP contribution in [-0.2, 0) is 0 Å². The highest BCUT2D eigenvalue weighted by Crippen LogP contribution is 2.25. The Morgan fingerprint density at radius 3 is 2.58 bits per heavy atom. The lowest BCUT2D eigenvalue weighted by atomic mass is 10.0. The number of para-hydroxylation sites is 1. The summed E-state index contributed by atoms with van der Waals surface area (Å²) in [6.45, 7) is 1.85. The molecule has 2 aromatic carbocycles. The smallest absolute Gasteiger partial charge is 0.255 e. The number of hydrogen-bond acceptors (Lipinski definition) is 4. The van der Waals surface area contributed by atoms with Gasteiger partial charge in [-0.2, -0.15) is 0 Å². The van der Waals surface area contributed by atoms with Crippen molar-refractivity contribution in [3.63, 3.8) is 0 Å². The maximum Gasteiger partial charge on any atom is 0.255 e. The number of aromatic hydroxyl groups is 1. The second kappa shape index (κ2) is 8.23. The summed E-state index contributed by atoms with van der Waals surface area (Å²) >= 11 is 0. The molecule has 1 aliphatic rings. The number of ether oxygens (including phenoxy) is 1. The lowest BCUT2D eigenvalue weighted by molar-refractivity contribution is 0.0129. The summed E-state index contributed by atoms with van der Waals surface area (Å²) in [5.41, 5.74) is 1.09. The van der Waals surface area contributed by atoms with Gasteiger partial charge in [0.2, 0.25) is 0 Å². The Morgan fingerprint density at radius 1 is 1.12 bits per heavy atom. The van der Waals surface area contributed by atoms with Gasteiger partial charge in [-0.1, -0.05) is 30.7 Å². The summed E-state index contributed by atoms with van der Waals surface area (Å²) < 4.78 is 5.95. The van der Waals surface area contributed by atoms with Crippen LogP contribution in [0, 0.1) is 6.92 Å². The topological polar surface area (TPSA) is 78.8 Å². The van der Waals surface area contributed by atoms with E-state index in [0.29, 0.717) is 12.2 Å². The number of nitrogens with one attached hydrogen (secondary N) is 1. The van der Waals surface area contributed by atoms with Crippen molar-refractivity contribution in [3.05, 3.63) is 59.7 Å². The highest BCUT2D eigenvalue weighted by Gasteiger charge is 2.33. The third kappa shape index (κ3) is 4.35. The minimum absolute atomic E-state index is 0.0531. The lowest BCUT2D eigenvalue weighted by Crippen LogP contribution is -2.49. The van der Waals surface area contributed by atoms with Crippen molar-refractivity contribution in [2.75, 3.05) is 0 Å². The minimum atomic E-state index is -0.811. The van der Waals surface area contributed by atoms with Gasteiger partial charge in [-0.3, -0.25) is 4.79 Å². The first kappa shape index (κ1) is 18.3. The molecule has 0 radical (unpaired) electrons. The van der Waals surface area contributed by atoms with E-state index in [9.17, 15) is 15.0 Å². The zero-order valence-corrected chi connectivity index (χ0v) is 14.9. The molecule has 1 amide bonds. The Bertz CT molecular complexity index is 747. The maximum absolute atomic E-state index is 12.5. The highest BCUT2D eigenvalue weighted by atomic mass is 16.5. The van der Waals surface area contributed by atoms with Crippen LogP contribution in [0.25, 0.3) is 0 Å². The quantitative estimate of drug-likeness (QED) is 0.736. The maximum atomic E-state index is 12.5. The molecule has 0 saturated heterocycles. The number of hydrogen-bond donors (Lipinski definition) is 3. The van der Waals surface area contributed by atoms with Gasteiger partial charge in [0.15, 0.2) is 0 Å². The molecule has 5 nitrogen and oxygen atoms in total. The van der Waals surface area contributed by atoms with E-state index in [0.717, 1.165) is 24.8 Å². The van der Waals surface area contributed by atoms with Gasteiger partial charge in [0.05, 0.1) is 11.6 Å². The van der Waals surface area contributed by atoms with Crippen molar-refractivity contribution in [3.8, 4) is 11.5 Å². The van der Waals surface area contributed by atoms with Crippen LogP contribution < -0.4 is 10.1 Å². The second-order valence-electron chi connectivity index (χ2n) is 6.84. The van der Waals surface area contributed by atoms with E-state index < -0.39 is 12.1 Å². The van der Waals surface area contributed by atoms with Crippen LogP contribution >= 0.6 is 0 Å². The zero-order valence-electron chi connectivity index (χ0n) is 14.9. The number of phenolic OH excluding ortho intramolecular Hbond substituents is 1. The molecule has 0 unspecified atom stereocenters. The van der Waals surface area contributed by atoms with Crippen LogP contribution in [0.15, 0.2) is 48.5 Å². The first-order valence-electron chi connectivity index (χ1n) is 9.05. The van der Waals surface area contributed by atoms with Gasteiger partial charge in [0, 0.05) is 0 Å². The van der Waals surface area contributed by atoms with Crippen molar-refractivity contribution in [1.82, 2.24) is 5.32 Å². The molecule has 2 aromatic rings. The number of aryl methyl sites for hydroxylation is 1. The molecule has 0 heterocycles. The number of aliphatic hydroxyl groups is 1. The van der Waals surface area contributed by atoms with Gasteiger partial charge < -0.3 is 20.3 Å². The average molecular weight is 355 g/mol. The first-order chi connectivity index (χ1) is 12.5. The number of carbonyl (C=O) groups excluding carboxylic acids is 1. The first-order valence-corrected chi connectivity index (χ1v) is 9.05. The van der Waals surface area contributed by atoms with E-state index >= 15 is 0 Å². The van der Waals surface area contributed by atoms with Crippen molar-refractivity contribution in [2.24, 2.45) is 0 Å². The number of benzene rings is 2. The largest absolute Gasteiger partial charge is 0.507 e. The molecular weight excluding hydrogens is 330 g/mol. The van der Waals surface area contributed by atoms with Gasteiger partial charge in [0.25, 0.3) is 5.91 Å². The van der Waals surface area contributed by atoms with Crippen LogP contribution in [0.4, 0.5) is 0 Å². The molecule has 3 atom stereocenters. The van der Waals surface area contributed by atoms with Gasteiger partial charge in [-0.25, -0.2) is 0 Å². The molecule has 0 aromatic heterocycles. The fourth-order valence-corrected chi connectivity index (χ4v) is 3.35. The molecule has 1 saturated carbocycles. The summed E-state index contributed by atoms with van der Waals surface area (Å²) in [5.74, 6) is 0.273. The Kier molecular flexibility index (Phi) is 5.78. The summed E-state index contributed by atoms with van der Waals surface area (Å²) in [6.07, 6.45) is 2.05. The molecule has 0 spiro atoms. The average Bonchev–Trinajstić information content (AvgIpc) is 2.78. The molecule has 1 fully saturated rings. The standard InChI is InChI=1S/C21H25NO4/c1-14-11-12-16(18(23)13-14)21(25)22-17-9-5-6-10-19(20(17)24)26-15-7-3-2-4-8-15/h2-4,7-8,11-13,17,19-20,23-24H,5-6,9-10H2,1H3,(H,22,25)/t17-,19-,20-/m1/s1. The van der Waals surface area contributed by atoms with E-state index in [4.69, 9.17) is 4.74 Å². The molecule has 0 bridgehead atoms. The number of amides is 1. The van der Waals surface area contributed by atoms with Crippen LogP contribution in [0.3, 0.4) is 0 Å². The Labute approximate surface area is 153 Å². The van der Waals surface area contributed by atoms with Crippen molar-refractivity contribution >= 4 is 5.91 Å². The van der Waals surface area contributed by atoms with Gasteiger partial charge >= 0.3 is 0 Å². The molecule has 5 heteroatoms. The zero-order chi connectivity index (χ0) is 18.5. The normalized spacial score (nSPS) is 23.1. The molecule has 3 N–H and O–H groups in total. The molecule has 1 aliphatic carbocycles. The molecule has 138 valence electrons. The third-order valence-electron chi connectivity index (χ3n) is 4.79. The van der Waals surface area contributed by atoms with Gasteiger partial charge in [-0.05, 0) is 56.0 Å². The monoisotopic (exact) mass is 355 g/mol. The summed E-state index contributed by atoms with van der Waals surface area (Å²) in [7, 11) is 0. The van der Waals surface area contributed by atoms with Crippen LogP contribution in [-0.4, -0.2) is 34.4 Å². The number of rotatable bonds is 4. The molecule has 0 aliphatic heterocycles. The highest BCUT2D eigenvalue weighted by molar-refractivity contribution is 5.97. The fourth-order valence-electron chi connectivity index (χ4n) is 3.35. The minimum Gasteiger partial charge on any atom is -0.507 e. The predicted octanol–water partition coefficient (Wildman–Crippen LogP) is 3.18. The van der Waals surface area contributed by atoms with Gasteiger partial charge in [0.1, 0.15) is 23.7 Å². The van der Waals surface area contributed by atoms with E-state index in [-0.39, 0.29) is 23.3 Å². The fraction of sp³-hybridized carbons (Fsp3) is 0.381. The third-order valence-corrected chi connectivity index (χ3v) is 4.79. The Balaban J connectivity index is 1.70.